The Bertz CT molecular complexity index is 395. The number of fused-ring (bicyclic) bond motifs is 1. The molecular formula is C12H14N2O. The van der Waals surface area contributed by atoms with Gasteiger partial charge in [-0.2, -0.15) is 5.26 Å². The van der Waals surface area contributed by atoms with Crippen molar-refractivity contribution in [3.05, 3.63) is 29.3 Å². The number of benzene rings is 1. The number of hydrogen-bond donors (Lipinski definition) is 1. The van der Waals surface area contributed by atoms with E-state index in [-0.39, 0.29) is 6.04 Å². The Kier molecular flexibility index (Phi) is 2.89. The normalized spacial score (nSPS) is 16.0. The van der Waals surface area contributed by atoms with Gasteiger partial charge in [-0.3, -0.25) is 0 Å². The molecule has 3 nitrogen and oxygen atoms in total. The molecule has 0 aliphatic carbocycles. The lowest BCUT2D eigenvalue weighted by Gasteiger charge is -2.18. The van der Waals surface area contributed by atoms with Crippen molar-refractivity contribution >= 4 is 0 Å². The molecule has 1 N–H and O–H groups in total. The molecule has 78 valence electrons. The van der Waals surface area contributed by atoms with Gasteiger partial charge in [-0.15, -0.1) is 0 Å². The minimum Gasteiger partial charge on any atom is -0.493 e. The second-order valence-electron chi connectivity index (χ2n) is 3.67. The molecule has 0 spiro atoms. The number of ether oxygens (including phenoxy) is 1. The van der Waals surface area contributed by atoms with Gasteiger partial charge in [-0.25, -0.2) is 0 Å². The van der Waals surface area contributed by atoms with Crippen LogP contribution in [-0.4, -0.2) is 13.7 Å². The Hall–Kier alpha value is -1.53. The lowest BCUT2D eigenvalue weighted by molar-refractivity contribution is 0.288. The maximum Gasteiger partial charge on any atom is 0.122 e. The highest BCUT2D eigenvalue weighted by molar-refractivity contribution is 5.40. The third-order valence-corrected chi connectivity index (χ3v) is 2.68. The van der Waals surface area contributed by atoms with Crippen molar-refractivity contribution in [2.75, 3.05) is 13.7 Å². The molecule has 0 saturated carbocycles. The van der Waals surface area contributed by atoms with E-state index in [4.69, 9.17) is 10.00 Å². The molecule has 1 aliphatic heterocycles. The van der Waals surface area contributed by atoms with Crippen LogP contribution in [0.25, 0.3) is 0 Å². The molecule has 1 aromatic rings. The fraction of sp³-hybridized carbons (Fsp3) is 0.417. The van der Waals surface area contributed by atoms with E-state index in [1.54, 1.807) is 7.05 Å². The van der Waals surface area contributed by atoms with Crippen molar-refractivity contribution in [1.82, 2.24) is 5.32 Å². The maximum absolute atomic E-state index is 8.94. The Balaban J connectivity index is 2.32. The maximum atomic E-state index is 8.94. The molecule has 1 atom stereocenters. The van der Waals surface area contributed by atoms with Gasteiger partial charge in [0.25, 0.3) is 0 Å². The second-order valence-corrected chi connectivity index (χ2v) is 3.67. The van der Waals surface area contributed by atoms with E-state index in [9.17, 15) is 0 Å². The summed E-state index contributed by atoms with van der Waals surface area (Å²) >= 11 is 0. The summed E-state index contributed by atoms with van der Waals surface area (Å²) in [6.45, 7) is 0.806. The molecule has 0 aromatic heterocycles. The number of hydrogen-bond acceptors (Lipinski definition) is 3. The first kappa shape index (κ1) is 10.0. The lowest BCUT2D eigenvalue weighted by atomic mass is 10.00. The molecule has 1 heterocycles. The van der Waals surface area contributed by atoms with Gasteiger partial charge in [0, 0.05) is 0 Å². The van der Waals surface area contributed by atoms with E-state index >= 15 is 0 Å². The summed E-state index contributed by atoms with van der Waals surface area (Å²) in [4.78, 5) is 0. The first-order chi connectivity index (χ1) is 7.35. The van der Waals surface area contributed by atoms with Crippen molar-refractivity contribution in [1.29, 1.82) is 5.26 Å². The van der Waals surface area contributed by atoms with Gasteiger partial charge < -0.3 is 10.1 Å². The molecule has 1 aliphatic rings. The summed E-state index contributed by atoms with van der Waals surface area (Å²) in [5.74, 6) is 0.970. The topological polar surface area (TPSA) is 45.0 Å². The molecule has 2 rings (SSSR count). The summed E-state index contributed by atoms with van der Waals surface area (Å²) in [7, 11) is 1.80. The highest BCUT2D eigenvalue weighted by atomic mass is 16.5. The van der Waals surface area contributed by atoms with E-state index in [1.807, 2.05) is 12.1 Å². The van der Waals surface area contributed by atoms with Crippen LogP contribution >= 0.6 is 0 Å². The molecule has 0 fully saturated rings. The van der Waals surface area contributed by atoms with Gasteiger partial charge in [0.05, 0.1) is 12.7 Å². The average molecular weight is 202 g/mol. The molecule has 3 heteroatoms. The fourth-order valence-corrected chi connectivity index (χ4v) is 1.87. The molecule has 0 amide bonds. The molecule has 15 heavy (non-hydrogen) atoms. The van der Waals surface area contributed by atoms with Gasteiger partial charge in [0.2, 0.25) is 0 Å². The minimum absolute atomic E-state index is 0.225. The van der Waals surface area contributed by atoms with Crippen molar-refractivity contribution in [3.8, 4) is 11.8 Å². The van der Waals surface area contributed by atoms with Crippen molar-refractivity contribution in [3.63, 3.8) is 0 Å². The van der Waals surface area contributed by atoms with Crippen LogP contribution in [0.2, 0.25) is 0 Å². The predicted molar refractivity (Wildman–Crippen MR) is 57.7 cm³/mol. The number of rotatable bonds is 2. The van der Waals surface area contributed by atoms with Crippen LogP contribution in [-0.2, 0) is 6.42 Å². The fourth-order valence-electron chi connectivity index (χ4n) is 1.87. The highest BCUT2D eigenvalue weighted by Gasteiger charge is 2.14. The minimum atomic E-state index is -0.225. The first-order valence-electron chi connectivity index (χ1n) is 5.17. The van der Waals surface area contributed by atoms with Crippen molar-refractivity contribution in [2.45, 2.75) is 18.9 Å². The standard InChI is InChI=1S/C12H14N2O/c1-14-11(8-13)9-4-5-12-10(7-9)3-2-6-15-12/h4-5,7,11,14H,2-3,6H2,1H3. The zero-order chi connectivity index (χ0) is 10.7. The van der Waals surface area contributed by atoms with Crippen molar-refractivity contribution < 1.29 is 4.74 Å². The molecule has 0 radical (unpaired) electrons. The van der Waals surface area contributed by atoms with E-state index in [0.29, 0.717) is 0 Å². The predicted octanol–water partition coefficient (Wildman–Crippen LogP) is 1.80. The average Bonchev–Trinajstić information content (AvgIpc) is 2.30. The number of nitrogens with zero attached hydrogens (tertiary/aromatic N) is 1. The quantitative estimate of drug-likeness (QED) is 0.795. The van der Waals surface area contributed by atoms with E-state index in [1.165, 1.54) is 5.56 Å². The Morgan fingerprint density at radius 2 is 2.40 bits per heavy atom. The van der Waals surface area contributed by atoms with Crippen LogP contribution < -0.4 is 10.1 Å². The Morgan fingerprint density at radius 1 is 1.53 bits per heavy atom. The van der Waals surface area contributed by atoms with E-state index in [2.05, 4.69) is 17.5 Å². The Morgan fingerprint density at radius 3 is 3.13 bits per heavy atom. The van der Waals surface area contributed by atoms with E-state index in [0.717, 1.165) is 30.8 Å². The van der Waals surface area contributed by atoms with Gasteiger partial charge in [-0.1, -0.05) is 6.07 Å². The molecular weight excluding hydrogens is 188 g/mol. The zero-order valence-electron chi connectivity index (χ0n) is 8.79. The third-order valence-electron chi connectivity index (χ3n) is 2.68. The van der Waals surface area contributed by atoms with E-state index < -0.39 is 0 Å². The summed E-state index contributed by atoms with van der Waals surface area (Å²) in [6.07, 6.45) is 2.11. The zero-order valence-corrected chi connectivity index (χ0v) is 8.79. The molecule has 0 bridgehead atoms. The Labute approximate surface area is 89.7 Å². The first-order valence-corrected chi connectivity index (χ1v) is 5.17. The van der Waals surface area contributed by atoms with Crippen LogP contribution in [0.4, 0.5) is 0 Å². The number of aryl methyl sites for hydroxylation is 1. The van der Waals surface area contributed by atoms with Crippen LogP contribution in [0.3, 0.4) is 0 Å². The number of nitrogens with one attached hydrogen (secondary N) is 1. The monoisotopic (exact) mass is 202 g/mol. The van der Waals surface area contributed by atoms with Crippen LogP contribution in [0, 0.1) is 11.3 Å². The van der Waals surface area contributed by atoms with Crippen LogP contribution in [0.5, 0.6) is 5.75 Å². The largest absolute Gasteiger partial charge is 0.493 e. The third kappa shape index (κ3) is 1.95. The van der Waals surface area contributed by atoms with Crippen LogP contribution in [0.1, 0.15) is 23.6 Å². The number of nitriles is 1. The highest BCUT2D eigenvalue weighted by Crippen LogP contribution is 2.27. The van der Waals surface area contributed by atoms with Crippen molar-refractivity contribution in [2.24, 2.45) is 0 Å². The SMILES string of the molecule is CNC(C#N)c1ccc2c(c1)CCCO2. The molecule has 1 unspecified atom stereocenters. The van der Waals surface area contributed by atoms with Crippen LogP contribution in [0.15, 0.2) is 18.2 Å². The molecule has 1 aromatic carbocycles. The summed E-state index contributed by atoms with van der Waals surface area (Å²) < 4.78 is 5.52. The van der Waals surface area contributed by atoms with Gasteiger partial charge in [0.15, 0.2) is 0 Å². The van der Waals surface area contributed by atoms with Gasteiger partial charge in [0.1, 0.15) is 11.8 Å². The smallest absolute Gasteiger partial charge is 0.122 e. The lowest BCUT2D eigenvalue weighted by Crippen LogP contribution is -2.15. The summed E-state index contributed by atoms with van der Waals surface area (Å²) in [6, 6.07) is 7.98. The summed E-state index contributed by atoms with van der Waals surface area (Å²) in [5, 5.41) is 11.9. The second kappa shape index (κ2) is 4.33. The molecule has 0 saturated heterocycles. The van der Waals surface area contributed by atoms with Gasteiger partial charge >= 0.3 is 0 Å². The van der Waals surface area contributed by atoms with Gasteiger partial charge in [-0.05, 0) is 43.1 Å². The summed E-state index contributed by atoms with van der Waals surface area (Å²) in [5.41, 5.74) is 2.23.